The molecule has 2 rings (SSSR count). The lowest BCUT2D eigenvalue weighted by atomic mass is 10.1. The van der Waals surface area contributed by atoms with Crippen molar-refractivity contribution in [2.75, 3.05) is 30.3 Å². The molecule has 7 heteroatoms. The summed E-state index contributed by atoms with van der Waals surface area (Å²) in [6.07, 6.45) is 4.55. The van der Waals surface area contributed by atoms with E-state index in [0.717, 1.165) is 36.1 Å². The molecular weight excluding hydrogens is 412 g/mol. The van der Waals surface area contributed by atoms with Gasteiger partial charge in [-0.3, -0.25) is 9.10 Å². The van der Waals surface area contributed by atoms with Crippen LogP contribution < -0.4 is 14.4 Å². The Morgan fingerprint density at radius 1 is 1.10 bits per heavy atom. The van der Waals surface area contributed by atoms with E-state index < -0.39 is 10.0 Å². The highest BCUT2D eigenvalue weighted by molar-refractivity contribution is 7.92. The molecule has 6 nitrogen and oxygen atoms in total. The second kappa shape index (κ2) is 12.3. The van der Waals surface area contributed by atoms with Gasteiger partial charge >= 0.3 is 0 Å². The predicted octanol–water partition coefficient (Wildman–Crippen LogP) is 4.08. The maximum absolute atomic E-state index is 12.2. The highest BCUT2D eigenvalue weighted by Gasteiger charge is 2.17. The third-order valence-electron chi connectivity index (χ3n) is 4.83. The van der Waals surface area contributed by atoms with Gasteiger partial charge in [0, 0.05) is 19.5 Å². The minimum absolute atomic E-state index is 0.0618. The Balaban J connectivity index is 1.75. The molecule has 0 saturated heterocycles. The van der Waals surface area contributed by atoms with Crippen molar-refractivity contribution in [1.82, 2.24) is 5.32 Å². The SMILES string of the molecule is CCCOc1ccccc1CCCNC(=O)CCCN(c1cccc(C)c1)S(C)(=O)=O. The molecule has 31 heavy (non-hydrogen) atoms. The summed E-state index contributed by atoms with van der Waals surface area (Å²) in [5.41, 5.74) is 2.77. The molecule has 1 N–H and O–H groups in total. The maximum atomic E-state index is 12.2. The number of hydrogen-bond acceptors (Lipinski definition) is 4. The van der Waals surface area contributed by atoms with Crippen LogP contribution in [-0.4, -0.2) is 40.3 Å². The van der Waals surface area contributed by atoms with E-state index in [-0.39, 0.29) is 18.9 Å². The van der Waals surface area contributed by atoms with Gasteiger partial charge in [-0.1, -0.05) is 37.3 Å². The third kappa shape index (κ3) is 8.61. The molecule has 0 aliphatic carbocycles. The van der Waals surface area contributed by atoms with Crippen LogP contribution in [0.1, 0.15) is 43.7 Å². The fraction of sp³-hybridized carbons (Fsp3) is 0.458. The summed E-state index contributed by atoms with van der Waals surface area (Å²) in [6.45, 7) is 5.55. The molecule has 0 bridgehead atoms. The number of hydrogen-bond donors (Lipinski definition) is 1. The minimum atomic E-state index is -3.41. The first-order chi connectivity index (χ1) is 14.8. The molecule has 0 aliphatic rings. The van der Waals surface area contributed by atoms with Crippen molar-refractivity contribution in [1.29, 1.82) is 0 Å². The van der Waals surface area contributed by atoms with E-state index in [9.17, 15) is 13.2 Å². The number of carbonyl (C=O) groups excluding carboxylic acids is 1. The Morgan fingerprint density at radius 3 is 2.58 bits per heavy atom. The van der Waals surface area contributed by atoms with Gasteiger partial charge in [-0.15, -0.1) is 0 Å². The van der Waals surface area contributed by atoms with E-state index in [4.69, 9.17) is 4.74 Å². The fourth-order valence-corrected chi connectivity index (χ4v) is 4.27. The molecule has 0 atom stereocenters. The monoisotopic (exact) mass is 446 g/mol. The lowest BCUT2D eigenvalue weighted by molar-refractivity contribution is -0.121. The smallest absolute Gasteiger partial charge is 0.232 e. The first-order valence-electron chi connectivity index (χ1n) is 10.8. The van der Waals surface area contributed by atoms with E-state index in [1.54, 1.807) is 6.07 Å². The van der Waals surface area contributed by atoms with Crippen LogP contribution in [0.25, 0.3) is 0 Å². The van der Waals surface area contributed by atoms with Gasteiger partial charge in [-0.25, -0.2) is 8.42 Å². The zero-order valence-electron chi connectivity index (χ0n) is 18.8. The average molecular weight is 447 g/mol. The van der Waals surface area contributed by atoms with Crippen molar-refractivity contribution >= 4 is 21.6 Å². The van der Waals surface area contributed by atoms with Crippen LogP contribution >= 0.6 is 0 Å². The lowest BCUT2D eigenvalue weighted by Gasteiger charge is -2.22. The third-order valence-corrected chi connectivity index (χ3v) is 6.03. The lowest BCUT2D eigenvalue weighted by Crippen LogP contribution is -2.32. The van der Waals surface area contributed by atoms with Crippen LogP contribution in [-0.2, 0) is 21.2 Å². The molecule has 0 fully saturated rings. The highest BCUT2D eigenvalue weighted by atomic mass is 32.2. The van der Waals surface area contributed by atoms with Gasteiger partial charge in [0.05, 0.1) is 18.6 Å². The number of aryl methyl sites for hydroxylation is 2. The number of ether oxygens (including phenoxy) is 1. The number of amides is 1. The van der Waals surface area contributed by atoms with Gasteiger partial charge < -0.3 is 10.1 Å². The molecule has 0 saturated carbocycles. The van der Waals surface area contributed by atoms with Gasteiger partial charge in [-0.2, -0.15) is 0 Å². The molecule has 170 valence electrons. The highest BCUT2D eigenvalue weighted by Crippen LogP contribution is 2.20. The zero-order valence-corrected chi connectivity index (χ0v) is 19.6. The van der Waals surface area contributed by atoms with E-state index in [0.29, 0.717) is 25.3 Å². The second-order valence-corrected chi connectivity index (χ2v) is 9.59. The molecule has 2 aromatic carbocycles. The zero-order chi connectivity index (χ0) is 22.7. The minimum Gasteiger partial charge on any atom is -0.493 e. The van der Waals surface area contributed by atoms with Crippen LogP contribution in [0.2, 0.25) is 0 Å². The summed E-state index contributed by atoms with van der Waals surface area (Å²) in [6, 6.07) is 15.4. The van der Waals surface area contributed by atoms with Gasteiger partial charge in [0.15, 0.2) is 0 Å². The Morgan fingerprint density at radius 2 is 1.87 bits per heavy atom. The van der Waals surface area contributed by atoms with Crippen molar-refractivity contribution in [2.24, 2.45) is 0 Å². The predicted molar refractivity (Wildman–Crippen MR) is 126 cm³/mol. The molecular formula is C24H34N2O4S. The molecule has 0 spiro atoms. The molecule has 0 radical (unpaired) electrons. The Kier molecular flexibility index (Phi) is 9.85. The number of benzene rings is 2. The van der Waals surface area contributed by atoms with Crippen molar-refractivity contribution in [3.8, 4) is 5.75 Å². The Hall–Kier alpha value is -2.54. The number of carbonyl (C=O) groups is 1. The first kappa shape index (κ1) is 24.7. The Labute approximate surface area is 186 Å². The number of para-hydroxylation sites is 1. The summed E-state index contributed by atoms with van der Waals surface area (Å²) >= 11 is 0. The number of nitrogens with one attached hydrogen (secondary N) is 1. The van der Waals surface area contributed by atoms with Crippen molar-refractivity contribution in [3.05, 3.63) is 59.7 Å². The summed E-state index contributed by atoms with van der Waals surface area (Å²) in [5, 5.41) is 2.93. The normalized spacial score (nSPS) is 11.2. The number of rotatable bonds is 13. The second-order valence-electron chi connectivity index (χ2n) is 7.69. The largest absolute Gasteiger partial charge is 0.493 e. The fourth-order valence-electron chi connectivity index (χ4n) is 3.31. The van der Waals surface area contributed by atoms with Crippen LogP contribution in [0.4, 0.5) is 5.69 Å². The molecule has 0 heterocycles. The van der Waals surface area contributed by atoms with Crippen molar-refractivity contribution < 1.29 is 17.9 Å². The molecule has 2 aromatic rings. The molecule has 0 aromatic heterocycles. The molecule has 0 aliphatic heterocycles. The molecule has 1 amide bonds. The number of nitrogens with zero attached hydrogens (tertiary/aromatic N) is 1. The van der Waals surface area contributed by atoms with Crippen LogP contribution in [0.3, 0.4) is 0 Å². The standard InChI is InChI=1S/C24H34N2O4S/c1-4-18-30-23-14-6-5-11-21(23)12-8-16-25-24(27)15-9-17-26(31(3,28)29)22-13-7-10-20(2)19-22/h5-7,10-11,13-14,19H,4,8-9,12,15-18H2,1-3H3,(H,25,27). The van der Waals surface area contributed by atoms with Gasteiger partial charge in [-0.05, 0) is 61.9 Å². The average Bonchev–Trinajstić information content (AvgIpc) is 2.72. The van der Waals surface area contributed by atoms with Gasteiger partial charge in [0.2, 0.25) is 15.9 Å². The quantitative estimate of drug-likeness (QED) is 0.471. The van der Waals surface area contributed by atoms with E-state index in [1.807, 2.05) is 43.3 Å². The summed E-state index contributed by atoms with van der Waals surface area (Å²) in [5.74, 6) is 0.848. The van der Waals surface area contributed by atoms with E-state index in [1.165, 1.54) is 10.6 Å². The van der Waals surface area contributed by atoms with Crippen LogP contribution in [0.15, 0.2) is 48.5 Å². The number of anilines is 1. The van der Waals surface area contributed by atoms with Gasteiger partial charge in [0.1, 0.15) is 5.75 Å². The van der Waals surface area contributed by atoms with Crippen LogP contribution in [0, 0.1) is 6.92 Å². The summed E-state index contributed by atoms with van der Waals surface area (Å²) < 4.78 is 31.5. The first-order valence-corrected chi connectivity index (χ1v) is 12.7. The van der Waals surface area contributed by atoms with Crippen molar-refractivity contribution in [2.45, 2.75) is 46.0 Å². The van der Waals surface area contributed by atoms with E-state index in [2.05, 4.69) is 18.3 Å². The topological polar surface area (TPSA) is 75.7 Å². The van der Waals surface area contributed by atoms with Crippen molar-refractivity contribution in [3.63, 3.8) is 0 Å². The maximum Gasteiger partial charge on any atom is 0.232 e. The summed E-state index contributed by atoms with van der Waals surface area (Å²) in [4.78, 5) is 12.2. The van der Waals surface area contributed by atoms with Crippen LogP contribution in [0.5, 0.6) is 5.75 Å². The molecule has 0 unspecified atom stereocenters. The summed E-state index contributed by atoms with van der Waals surface area (Å²) in [7, 11) is -3.41. The van der Waals surface area contributed by atoms with Gasteiger partial charge in [0.25, 0.3) is 0 Å². The van der Waals surface area contributed by atoms with E-state index >= 15 is 0 Å². The number of sulfonamides is 1. The Bertz CT molecular complexity index is 944.